The Hall–Kier alpha value is -7.94. The van der Waals surface area contributed by atoms with E-state index in [1.54, 1.807) is 0 Å². The third kappa shape index (κ3) is 10.2. The van der Waals surface area contributed by atoms with Gasteiger partial charge in [0, 0.05) is 37.1 Å². The van der Waals surface area contributed by atoms with Crippen molar-refractivity contribution in [3.63, 3.8) is 0 Å². The molecular weight excluding hydrogens is 809 g/mol. The first-order valence-electron chi connectivity index (χ1n) is 23.9. The monoisotopic (exact) mass is 864 g/mol. The van der Waals surface area contributed by atoms with Gasteiger partial charge in [-0.2, -0.15) is 0 Å². The van der Waals surface area contributed by atoms with Crippen molar-refractivity contribution in [1.82, 2.24) is 0 Å². The van der Waals surface area contributed by atoms with Crippen LogP contribution in [0.5, 0.6) is 0 Å². The molecular formula is C65H56N2+2. The normalized spacial score (nSPS) is 11.1. The van der Waals surface area contributed by atoms with Gasteiger partial charge in [-0.3, -0.25) is 0 Å². The summed E-state index contributed by atoms with van der Waals surface area (Å²) in [6, 6.07) is 83.6. The van der Waals surface area contributed by atoms with Crippen LogP contribution in [0, 0.1) is 0 Å². The van der Waals surface area contributed by atoms with E-state index in [0.717, 1.165) is 13.1 Å². The SMILES string of the molecule is c1ccc(-c2cc(-c3ccccc3)c(-c3cc[n+](CCCCCCC[n+]4ccc(-c5c(-c6ccccc6)cc(-c6ccccc6)cc5-c5ccccc5)cc4)cc3)c(-c3ccccc3)c2)cc1. The number of rotatable bonds is 16. The van der Waals surface area contributed by atoms with Gasteiger partial charge in [-0.15, -0.1) is 0 Å². The molecule has 324 valence electrons. The summed E-state index contributed by atoms with van der Waals surface area (Å²) in [6.07, 6.45) is 15.1. The molecule has 0 fully saturated rings. The Bertz CT molecular complexity index is 2790. The van der Waals surface area contributed by atoms with E-state index in [1.807, 2.05) is 0 Å². The van der Waals surface area contributed by atoms with Crippen molar-refractivity contribution in [3.05, 3.63) is 255 Å². The van der Waals surface area contributed by atoms with Crippen LogP contribution in [-0.2, 0) is 13.1 Å². The number of benzene rings is 8. The molecule has 2 heterocycles. The molecule has 67 heavy (non-hydrogen) atoms. The molecule has 0 atom stereocenters. The molecule has 0 aliphatic carbocycles. The van der Waals surface area contributed by atoms with Crippen LogP contribution in [0.15, 0.2) is 255 Å². The lowest BCUT2D eigenvalue weighted by atomic mass is 9.85. The van der Waals surface area contributed by atoms with Gasteiger partial charge in [-0.25, -0.2) is 9.13 Å². The van der Waals surface area contributed by atoms with Crippen molar-refractivity contribution in [2.24, 2.45) is 0 Å². The molecule has 2 heteroatoms. The largest absolute Gasteiger partial charge is 0.205 e. The molecule has 0 bridgehead atoms. The molecule has 0 saturated heterocycles. The van der Waals surface area contributed by atoms with Crippen LogP contribution >= 0.6 is 0 Å². The number of aromatic nitrogens is 2. The Balaban J connectivity index is 0.799. The maximum atomic E-state index is 2.37. The fourth-order valence-corrected chi connectivity index (χ4v) is 9.55. The van der Waals surface area contributed by atoms with Gasteiger partial charge in [-0.1, -0.05) is 188 Å². The van der Waals surface area contributed by atoms with E-state index in [9.17, 15) is 0 Å². The van der Waals surface area contributed by atoms with Gasteiger partial charge < -0.3 is 0 Å². The molecule has 8 aromatic carbocycles. The minimum Gasteiger partial charge on any atom is -0.205 e. The molecule has 0 spiro atoms. The summed E-state index contributed by atoms with van der Waals surface area (Å²) in [5.74, 6) is 0. The van der Waals surface area contributed by atoms with Crippen molar-refractivity contribution < 1.29 is 9.13 Å². The lowest BCUT2D eigenvalue weighted by Gasteiger charge is -2.19. The Kier molecular flexibility index (Phi) is 13.4. The number of hydrogen-bond donors (Lipinski definition) is 0. The van der Waals surface area contributed by atoms with Crippen molar-refractivity contribution in [1.29, 1.82) is 0 Å². The summed E-state index contributed by atoms with van der Waals surface area (Å²) in [7, 11) is 0. The lowest BCUT2D eigenvalue weighted by Crippen LogP contribution is -2.32. The fourth-order valence-electron chi connectivity index (χ4n) is 9.55. The number of hydrogen-bond acceptors (Lipinski definition) is 0. The van der Waals surface area contributed by atoms with Gasteiger partial charge in [0.15, 0.2) is 24.8 Å². The zero-order valence-electron chi connectivity index (χ0n) is 38.1. The number of aryl methyl sites for hydroxylation is 2. The lowest BCUT2D eigenvalue weighted by molar-refractivity contribution is -0.697. The van der Waals surface area contributed by atoms with Gasteiger partial charge in [-0.05, 0) is 126 Å². The molecule has 10 aromatic rings. The van der Waals surface area contributed by atoms with E-state index in [2.05, 4.69) is 264 Å². The van der Waals surface area contributed by atoms with Crippen LogP contribution in [0.3, 0.4) is 0 Å². The third-order valence-corrected chi connectivity index (χ3v) is 13.0. The van der Waals surface area contributed by atoms with E-state index >= 15 is 0 Å². The zero-order valence-corrected chi connectivity index (χ0v) is 38.1. The van der Waals surface area contributed by atoms with Gasteiger partial charge >= 0.3 is 0 Å². The average Bonchev–Trinajstić information content (AvgIpc) is 3.42. The maximum Gasteiger partial charge on any atom is 0.169 e. The average molecular weight is 865 g/mol. The van der Waals surface area contributed by atoms with E-state index < -0.39 is 0 Å². The van der Waals surface area contributed by atoms with E-state index in [-0.39, 0.29) is 0 Å². The number of pyridine rings is 2. The van der Waals surface area contributed by atoms with Crippen LogP contribution in [0.4, 0.5) is 0 Å². The van der Waals surface area contributed by atoms with Crippen molar-refractivity contribution in [2.75, 3.05) is 0 Å². The molecule has 0 N–H and O–H groups in total. The van der Waals surface area contributed by atoms with Crippen LogP contribution < -0.4 is 9.13 Å². The number of nitrogens with zero attached hydrogens (tertiary/aromatic N) is 2. The molecule has 0 amide bonds. The first kappa shape index (κ1) is 43.0. The predicted octanol–water partition coefficient (Wildman–Crippen LogP) is 16.2. The quantitative estimate of drug-likeness (QED) is 0.0675. The van der Waals surface area contributed by atoms with Gasteiger partial charge in [0.1, 0.15) is 13.1 Å². The minimum atomic E-state index is 1.02. The molecule has 0 aliphatic heterocycles. The van der Waals surface area contributed by atoms with E-state index in [4.69, 9.17) is 0 Å². The Morgan fingerprint density at radius 1 is 0.209 bits per heavy atom. The standard InChI is InChI=1S/C65H56N2/c1(2-22-40-66-42-36-56(37-43-66)64-60(52-28-14-6-15-29-52)46-58(50-24-10-4-11-25-50)47-61(64)53-30-16-7-17-31-53)3-23-41-67-44-38-57(39-45-67)65-62(54-32-18-8-19-33-54)48-59(51-26-12-5-13-27-51)49-63(65)55-34-20-9-21-35-55/h4-21,24-39,42-49H,1-3,22-23,40-41H2/q+2. The summed E-state index contributed by atoms with van der Waals surface area (Å²) in [6.45, 7) is 2.03. The molecule has 0 aliphatic rings. The highest BCUT2D eigenvalue weighted by Gasteiger charge is 2.20. The molecule has 0 unspecified atom stereocenters. The van der Waals surface area contributed by atoms with Crippen LogP contribution in [-0.4, -0.2) is 0 Å². The Morgan fingerprint density at radius 2 is 0.448 bits per heavy atom. The first-order chi connectivity index (χ1) is 33.2. The predicted molar refractivity (Wildman–Crippen MR) is 280 cm³/mol. The summed E-state index contributed by atoms with van der Waals surface area (Å²) >= 11 is 0. The Labute approximate surface area is 396 Å². The molecule has 0 saturated carbocycles. The van der Waals surface area contributed by atoms with Crippen LogP contribution in [0.25, 0.3) is 89.0 Å². The minimum absolute atomic E-state index is 1.02. The first-order valence-corrected chi connectivity index (χ1v) is 23.9. The highest BCUT2D eigenvalue weighted by atomic mass is 14.9. The molecule has 2 aromatic heterocycles. The molecule has 0 radical (unpaired) electrons. The summed E-state index contributed by atoms with van der Waals surface area (Å²) in [5, 5.41) is 0. The van der Waals surface area contributed by atoms with Gasteiger partial charge in [0.05, 0.1) is 0 Å². The zero-order chi connectivity index (χ0) is 45.0. The van der Waals surface area contributed by atoms with Gasteiger partial charge in [0.2, 0.25) is 0 Å². The highest BCUT2D eigenvalue weighted by Crippen LogP contribution is 2.45. The second kappa shape index (κ2) is 20.9. The maximum absolute atomic E-state index is 2.37. The van der Waals surface area contributed by atoms with Gasteiger partial charge in [0.25, 0.3) is 0 Å². The second-order valence-corrected chi connectivity index (χ2v) is 17.5. The third-order valence-electron chi connectivity index (χ3n) is 13.0. The molecule has 2 nitrogen and oxygen atoms in total. The van der Waals surface area contributed by atoms with Crippen LogP contribution in [0.1, 0.15) is 32.1 Å². The summed E-state index contributed by atoms with van der Waals surface area (Å²) < 4.78 is 4.70. The van der Waals surface area contributed by atoms with E-state index in [1.165, 1.54) is 121 Å². The van der Waals surface area contributed by atoms with Crippen molar-refractivity contribution in [2.45, 2.75) is 45.2 Å². The topological polar surface area (TPSA) is 7.76 Å². The molecule has 10 rings (SSSR count). The fraction of sp³-hybridized carbons (Fsp3) is 0.108. The second-order valence-electron chi connectivity index (χ2n) is 17.5. The summed E-state index contributed by atoms with van der Waals surface area (Å²) in [4.78, 5) is 0. The van der Waals surface area contributed by atoms with Crippen LogP contribution in [0.2, 0.25) is 0 Å². The van der Waals surface area contributed by atoms with E-state index in [0.29, 0.717) is 0 Å². The van der Waals surface area contributed by atoms with Crippen molar-refractivity contribution in [3.8, 4) is 89.0 Å². The Morgan fingerprint density at radius 3 is 0.716 bits per heavy atom. The highest BCUT2D eigenvalue weighted by molar-refractivity contribution is 5.99. The number of unbranched alkanes of at least 4 members (excludes halogenated alkanes) is 4. The smallest absolute Gasteiger partial charge is 0.169 e. The van der Waals surface area contributed by atoms with Crippen molar-refractivity contribution >= 4 is 0 Å². The summed E-state index contributed by atoms with van der Waals surface area (Å²) in [5.41, 5.74) is 19.8.